The van der Waals surface area contributed by atoms with Crippen molar-refractivity contribution in [2.75, 3.05) is 25.1 Å². The summed E-state index contributed by atoms with van der Waals surface area (Å²) < 4.78 is 8.71. The molecule has 0 radical (unpaired) electrons. The van der Waals surface area contributed by atoms with Gasteiger partial charge in [0.2, 0.25) is 0 Å². The Bertz CT molecular complexity index is 1410. The van der Waals surface area contributed by atoms with Crippen molar-refractivity contribution >= 4 is 38.4 Å². The normalized spacial score (nSPS) is 14.1. The molecule has 0 spiro atoms. The van der Waals surface area contributed by atoms with E-state index in [1.807, 2.05) is 24.5 Å². The van der Waals surface area contributed by atoms with E-state index in [1.165, 1.54) is 4.70 Å². The number of hydrogen-bond donors (Lipinski definition) is 2. The number of thiophene rings is 1. The number of nitrogens with zero attached hydrogens (tertiary/aromatic N) is 4. The van der Waals surface area contributed by atoms with Crippen LogP contribution in [0.3, 0.4) is 0 Å². The Morgan fingerprint density at radius 1 is 1.09 bits per heavy atom. The molecule has 5 aromatic rings. The highest BCUT2D eigenvalue weighted by Gasteiger charge is 2.25. The molecule has 0 amide bonds. The zero-order chi connectivity index (χ0) is 21.5. The smallest absolute Gasteiger partial charge is 0.166 e. The van der Waals surface area contributed by atoms with Crippen LogP contribution in [0.2, 0.25) is 0 Å². The molecule has 2 N–H and O–H groups in total. The van der Waals surface area contributed by atoms with Crippen LogP contribution >= 0.6 is 11.3 Å². The number of hydrogen-bond acceptors (Lipinski definition) is 7. The van der Waals surface area contributed by atoms with Crippen molar-refractivity contribution in [1.82, 2.24) is 19.5 Å². The van der Waals surface area contributed by atoms with Gasteiger partial charge >= 0.3 is 0 Å². The summed E-state index contributed by atoms with van der Waals surface area (Å²) in [4.78, 5) is 14.5. The molecular formula is C24H21N5O2S. The van der Waals surface area contributed by atoms with Crippen molar-refractivity contribution in [3.63, 3.8) is 0 Å². The van der Waals surface area contributed by atoms with Gasteiger partial charge in [-0.3, -0.25) is 0 Å². The molecule has 4 heterocycles. The largest absolute Gasteiger partial charge is 0.508 e. The number of ether oxygens (including phenoxy) is 1. The fourth-order valence-electron chi connectivity index (χ4n) is 3.95. The first-order valence-electron chi connectivity index (χ1n) is 10.6. The SMILES string of the molecule is Oc1ccc(CCNc2nc(-c3csc4ccccc34)nc3c2ncn3C2COC2)cc1. The van der Waals surface area contributed by atoms with Crippen LogP contribution in [0.5, 0.6) is 5.75 Å². The Labute approximate surface area is 188 Å². The van der Waals surface area contributed by atoms with Crippen LogP contribution in [0.15, 0.2) is 60.2 Å². The molecule has 6 rings (SSSR count). The van der Waals surface area contributed by atoms with Gasteiger partial charge in [-0.2, -0.15) is 0 Å². The van der Waals surface area contributed by atoms with Crippen LogP contribution in [0.25, 0.3) is 32.6 Å². The zero-order valence-electron chi connectivity index (χ0n) is 17.2. The highest BCUT2D eigenvalue weighted by molar-refractivity contribution is 7.17. The van der Waals surface area contributed by atoms with Crippen molar-refractivity contribution in [3.8, 4) is 17.1 Å². The Kier molecular flexibility index (Phi) is 4.74. The molecule has 0 saturated carbocycles. The van der Waals surface area contributed by atoms with Crippen molar-refractivity contribution < 1.29 is 9.84 Å². The number of fused-ring (bicyclic) bond motifs is 2. The van der Waals surface area contributed by atoms with E-state index in [0.29, 0.717) is 25.6 Å². The van der Waals surface area contributed by atoms with Gasteiger partial charge in [0, 0.05) is 27.6 Å². The highest BCUT2D eigenvalue weighted by Crippen LogP contribution is 2.34. The predicted molar refractivity (Wildman–Crippen MR) is 126 cm³/mol. The highest BCUT2D eigenvalue weighted by atomic mass is 32.1. The summed E-state index contributed by atoms with van der Waals surface area (Å²) in [6, 6.07) is 15.9. The third-order valence-corrected chi connectivity index (χ3v) is 6.76. The molecule has 8 heteroatoms. The Morgan fingerprint density at radius 2 is 1.94 bits per heavy atom. The van der Waals surface area contributed by atoms with E-state index in [-0.39, 0.29) is 11.8 Å². The van der Waals surface area contributed by atoms with Crippen LogP contribution in [0.1, 0.15) is 11.6 Å². The number of aromatic hydroxyl groups is 1. The molecule has 2 aromatic carbocycles. The number of benzene rings is 2. The van der Waals surface area contributed by atoms with Gasteiger partial charge in [0.15, 0.2) is 17.3 Å². The second kappa shape index (κ2) is 7.89. The van der Waals surface area contributed by atoms with E-state index in [4.69, 9.17) is 14.7 Å². The van der Waals surface area contributed by atoms with Crippen LogP contribution < -0.4 is 5.32 Å². The number of imidazole rings is 1. The summed E-state index contributed by atoms with van der Waals surface area (Å²) in [5.41, 5.74) is 3.77. The number of aromatic nitrogens is 4. The predicted octanol–water partition coefficient (Wildman–Crippen LogP) is 4.64. The lowest BCUT2D eigenvalue weighted by Gasteiger charge is -2.27. The third-order valence-electron chi connectivity index (χ3n) is 5.80. The molecule has 160 valence electrons. The van der Waals surface area contributed by atoms with Crippen molar-refractivity contribution in [1.29, 1.82) is 0 Å². The maximum atomic E-state index is 9.50. The summed E-state index contributed by atoms with van der Waals surface area (Å²) in [5.74, 6) is 1.71. The fourth-order valence-corrected chi connectivity index (χ4v) is 4.89. The van der Waals surface area contributed by atoms with Crippen molar-refractivity contribution in [3.05, 3.63) is 65.8 Å². The van der Waals surface area contributed by atoms with Crippen molar-refractivity contribution in [2.45, 2.75) is 12.5 Å². The average molecular weight is 444 g/mol. The van der Waals surface area contributed by atoms with Gasteiger partial charge in [0.1, 0.15) is 11.3 Å². The number of anilines is 1. The lowest BCUT2D eigenvalue weighted by molar-refractivity contribution is -0.0218. The second-order valence-corrected chi connectivity index (χ2v) is 8.81. The minimum atomic E-state index is 0.256. The molecular weight excluding hydrogens is 422 g/mol. The monoisotopic (exact) mass is 443 g/mol. The zero-order valence-corrected chi connectivity index (χ0v) is 18.0. The van der Waals surface area contributed by atoms with E-state index in [9.17, 15) is 5.11 Å². The Morgan fingerprint density at radius 3 is 2.75 bits per heavy atom. The first kappa shape index (κ1) is 19.2. The topological polar surface area (TPSA) is 85.1 Å². The molecule has 0 aliphatic carbocycles. The van der Waals surface area contributed by atoms with Gasteiger partial charge in [-0.1, -0.05) is 30.3 Å². The van der Waals surface area contributed by atoms with E-state index < -0.39 is 0 Å². The molecule has 0 atom stereocenters. The van der Waals surface area contributed by atoms with E-state index >= 15 is 0 Å². The Hall–Kier alpha value is -3.49. The first-order valence-corrected chi connectivity index (χ1v) is 11.4. The molecule has 3 aromatic heterocycles. The summed E-state index contributed by atoms with van der Waals surface area (Å²) in [7, 11) is 0. The van der Waals surface area contributed by atoms with E-state index in [0.717, 1.165) is 39.9 Å². The average Bonchev–Trinajstić information content (AvgIpc) is 3.39. The third kappa shape index (κ3) is 3.37. The lowest BCUT2D eigenvalue weighted by Crippen LogP contribution is -2.30. The van der Waals surface area contributed by atoms with Crippen LogP contribution in [-0.4, -0.2) is 44.4 Å². The van der Waals surface area contributed by atoms with Gasteiger partial charge in [0.25, 0.3) is 0 Å². The van der Waals surface area contributed by atoms with E-state index in [1.54, 1.807) is 23.5 Å². The fraction of sp³-hybridized carbons (Fsp3) is 0.208. The van der Waals surface area contributed by atoms with Crippen LogP contribution in [0, 0.1) is 0 Å². The first-order chi connectivity index (χ1) is 15.8. The summed E-state index contributed by atoms with van der Waals surface area (Å²) >= 11 is 1.70. The second-order valence-electron chi connectivity index (χ2n) is 7.90. The standard InChI is InChI=1S/C24H21N5O2S/c30-17-7-5-15(6-8-17)9-10-25-23-21-24(29(14-26-21)16-11-31-12-16)28-22(27-23)19-13-32-20-4-2-1-3-18(19)20/h1-8,13-14,16,30H,9-12H2,(H,25,27,28). The maximum Gasteiger partial charge on any atom is 0.166 e. The van der Waals surface area contributed by atoms with Crippen LogP contribution in [-0.2, 0) is 11.2 Å². The van der Waals surface area contributed by atoms with Gasteiger partial charge in [-0.15, -0.1) is 11.3 Å². The van der Waals surface area contributed by atoms with E-state index in [2.05, 4.69) is 38.4 Å². The van der Waals surface area contributed by atoms with Gasteiger partial charge in [-0.05, 0) is 30.2 Å². The van der Waals surface area contributed by atoms with Crippen molar-refractivity contribution in [2.24, 2.45) is 0 Å². The minimum absolute atomic E-state index is 0.256. The number of phenolic OH excluding ortho intramolecular Hbond substituents is 1. The lowest BCUT2D eigenvalue weighted by atomic mass is 10.1. The molecule has 32 heavy (non-hydrogen) atoms. The quantitative estimate of drug-likeness (QED) is 0.398. The molecule has 1 fully saturated rings. The Balaban J connectivity index is 1.39. The van der Waals surface area contributed by atoms with Gasteiger partial charge < -0.3 is 19.7 Å². The van der Waals surface area contributed by atoms with Gasteiger partial charge in [0.05, 0.1) is 25.6 Å². The molecule has 1 saturated heterocycles. The van der Waals surface area contributed by atoms with Crippen LogP contribution in [0.4, 0.5) is 5.82 Å². The molecule has 0 bridgehead atoms. The number of phenols is 1. The summed E-state index contributed by atoms with van der Waals surface area (Å²) in [5, 5.41) is 16.2. The summed E-state index contributed by atoms with van der Waals surface area (Å²) in [6.07, 6.45) is 2.65. The molecule has 1 aliphatic rings. The number of nitrogens with one attached hydrogen (secondary N) is 1. The molecule has 0 unspecified atom stereocenters. The molecule has 1 aliphatic heterocycles. The minimum Gasteiger partial charge on any atom is -0.508 e. The number of rotatable bonds is 6. The van der Waals surface area contributed by atoms with Gasteiger partial charge in [-0.25, -0.2) is 15.0 Å². The maximum absolute atomic E-state index is 9.50. The summed E-state index contributed by atoms with van der Waals surface area (Å²) in [6.45, 7) is 2.05. The molecule has 7 nitrogen and oxygen atoms in total.